The molecule has 0 aliphatic carbocycles. The molecule has 0 fully saturated rings. The Morgan fingerprint density at radius 1 is 1.40 bits per heavy atom. The van der Waals surface area contributed by atoms with Gasteiger partial charge in [0.15, 0.2) is 0 Å². The molecule has 82 valence electrons. The predicted octanol–water partition coefficient (Wildman–Crippen LogP) is 3.41. The molecule has 0 amide bonds. The van der Waals surface area contributed by atoms with Crippen molar-refractivity contribution in [2.75, 3.05) is 6.61 Å². The van der Waals surface area contributed by atoms with Gasteiger partial charge in [-0.1, -0.05) is 0 Å². The van der Waals surface area contributed by atoms with E-state index in [2.05, 4.69) is 13.0 Å². The van der Waals surface area contributed by atoms with Crippen molar-refractivity contribution in [3.63, 3.8) is 0 Å². The Labute approximate surface area is 94.6 Å². The Hall–Kier alpha value is -1.09. The van der Waals surface area contributed by atoms with Crippen LogP contribution in [0.1, 0.15) is 30.5 Å². The minimum Gasteiger partial charge on any atom is -0.463 e. The Balaban J connectivity index is 2.94. The fourth-order valence-corrected chi connectivity index (χ4v) is 2.14. The third-order valence-electron chi connectivity index (χ3n) is 2.25. The summed E-state index contributed by atoms with van der Waals surface area (Å²) in [6, 6.07) is 4.10. The predicted molar refractivity (Wildman–Crippen MR) is 64.0 cm³/mol. The summed E-state index contributed by atoms with van der Waals surface area (Å²) in [6.45, 7) is 8.06. The lowest BCUT2D eigenvalue weighted by molar-refractivity contribution is -0.138. The second kappa shape index (κ2) is 5.12. The maximum absolute atomic E-state index is 11.5. The van der Waals surface area contributed by atoms with Gasteiger partial charge in [0.1, 0.15) is 0 Å². The number of hydrogen-bond acceptors (Lipinski definition) is 3. The number of rotatable bonds is 3. The van der Waals surface area contributed by atoms with Crippen LogP contribution < -0.4 is 0 Å². The van der Waals surface area contributed by atoms with E-state index in [1.54, 1.807) is 11.3 Å². The van der Waals surface area contributed by atoms with Gasteiger partial charge in [0, 0.05) is 15.3 Å². The molecule has 0 bridgehead atoms. The summed E-state index contributed by atoms with van der Waals surface area (Å²) in [7, 11) is 0. The highest BCUT2D eigenvalue weighted by Crippen LogP contribution is 2.26. The van der Waals surface area contributed by atoms with Crippen molar-refractivity contribution in [1.29, 1.82) is 0 Å². The van der Waals surface area contributed by atoms with Gasteiger partial charge in [-0.3, -0.25) is 0 Å². The molecule has 1 aromatic rings. The van der Waals surface area contributed by atoms with Crippen LogP contribution in [0.15, 0.2) is 17.7 Å². The first-order chi connectivity index (χ1) is 7.06. The summed E-state index contributed by atoms with van der Waals surface area (Å²) in [5.74, 6) is -0.221. The summed E-state index contributed by atoms with van der Waals surface area (Å²) in [5.41, 5.74) is 1.70. The molecular formula is C12H16O2S. The molecular weight excluding hydrogens is 208 g/mol. The van der Waals surface area contributed by atoms with Crippen LogP contribution in [0.5, 0.6) is 0 Å². The first kappa shape index (κ1) is 12.0. The fraction of sp³-hybridized carbons (Fsp3) is 0.417. The Bertz CT molecular complexity index is 388. The van der Waals surface area contributed by atoms with Gasteiger partial charge in [-0.2, -0.15) is 0 Å². The highest BCUT2D eigenvalue weighted by Gasteiger charge is 2.10. The topological polar surface area (TPSA) is 26.3 Å². The molecule has 0 saturated carbocycles. The van der Waals surface area contributed by atoms with Crippen molar-refractivity contribution >= 4 is 22.9 Å². The van der Waals surface area contributed by atoms with Crippen LogP contribution in [0.4, 0.5) is 0 Å². The molecule has 15 heavy (non-hydrogen) atoms. The van der Waals surface area contributed by atoms with Crippen molar-refractivity contribution in [2.24, 2.45) is 0 Å². The lowest BCUT2D eigenvalue weighted by Gasteiger charge is -2.05. The third kappa shape index (κ3) is 2.93. The first-order valence-corrected chi connectivity index (χ1v) is 5.79. The zero-order chi connectivity index (χ0) is 11.4. The lowest BCUT2D eigenvalue weighted by atomic mass is 10.1. The molecule has 1 heterocycles. The molecule has 0 aliphatic heterocycles. The van der Waals surface area contributed by atoms with Gasteiger partial charge < -0.3 is 4.74 Å². The normalized spacial score (nSPS) is 12.3. The molecule has 2 nitrogen and oxygen atoms in total. The minimum atomic E-state index is -0.221. The van der Waals surface area contributed by atoms with E-state index in [9.17, 15) is 4.79 Å². The summed E-state index contributed by atoms with van der Waals surface area (Å²) in [5, 5.41) is 0. The average Bonchev–Trinajstić information content (AvgIpc) is 2.63. The van der Waals surface area contributed by atoms with Crippen LogP contribution >= 0.6 is 11.3 Å². The van der Waals surface area contributed by atoms with Gasteiger partial charge >= 0.3 is 5.97 Å². The van der Waals surface area contributed by atoms with Crippen LogP contribution in [-0.2, 0) is 9.53 Å². The Morgan fingerprint density at radius 2 is 2.07 bits per heavy atom. The van der Waals surface area contributed by atoms with Crippen molar-refractivity contribution in [3.8, 4) is 0 Å². The van der Waals surface area contributed by atoms with Crippen molar-refractivity contribution in [1.82, 2.24) is 0 Å². The number of thiophene rings is 1. The van der Waals surface area contributed by atoms with Gasteiger partial charge in [0.2, 0.25) is 0 Å². The molecule has 0 saturated heterocycles. The minimum absolute atomic E-state index is 0.221. The molecule has 0 radical (unpaired) electrons. The molecule has 0 atom stereocenters. The van der Waals surface area contributed by atoms with Crippen LogP contribution in [0, 0.1) is 6.92 Å². The highest BCUT2D eigenvalue weighted by molar-refractivity contribution is 7.13. The van der Waals surface area contributed by atoms with E-state index in [4.69, 9.17) is 4.74 Å². The molecule has 3 heteroatoms. The summed E-state index contributed by atoms with van der Waals surface area (Å²) < 4.78 is 4.96. The number of hydrogen-bond donors (Lipinski definition) is 0. The smallest absolute Gasteiger partial charge is 0.334 e. The van der Waals surface area contributed by atoms with E-state index in [-0.39, 0.29) is 5.97 Å². The molecule has 0 N–H and O–H groups in total. The molecule has 0 unspecified atom stereocenters. The summed E-state index contributed by atoms with van der Waals surface area (Å²) in [4.78, 5) is 13.9. The third-order valence-corrected chi connectivity index (χ3v) is 3.37. The highest BCUT2D eigenvalue weighted by atomic mass is 32.1. The number of ether oxygens (including phenoxy) is 1. The van der Waals surface area contributed by atoms with Crippen LogP contribution in [0.2, 0.25) is 0 Å². The van der Waals surface area contributed by atoms with E-state index >= 15 is 0 Å². The zero-order valence-corrected chi connectivity index (χ0v) is 10.4. The molecule has 0 aromatic carbocycles. The van der Waals surface area contributed by atoms with Gasteiger partial charge in [-0.05, 0) is 45.4 Å². The van der Waals surface area contributed by atoms with E-state index < -0.39 is 0 Å². The van der Waals surface area contributed by atoms with Crippen molar-refractivity contribution in [3.05, 3.63) is 27.5 Å². The molecule has 0 aliphatic rings. The second-order valence-electron chi connectivity index (χ2n) is 3.38. The van der Waals surface area contributed by atoms with Gasteiger partial charge in [-0.15, -0.1) is 11.3 Å². The standard InChI is InChI=1S/C12H16O2S/c1-5-14-12(13)10(4)9(3)11-7-6-8(2)15-11/h6-7H,5H2,1-4H3/b10-9-. The first-order valence-electron chi connectivity index (χ1n) is 4.97. The van der Waals surface area contributed by atoms with E-state index in [0.717, 1.165) is 10.5 Å². The van der Waals surface area contributed by atoms with Crippen molar-refractivity contribution < 1.29 is 9.53 Å². The van der Waals surface area contributed by atoms with Crippen LogP contribution in [0.3, 0.4) is 0 Å². The number of carbonyl (C=O) groups excluding carboxylic acids is 1. The largest absolute Gasteiger partial charge is 0.463 e. The van der Waals surface area contributed by atoms with E-state index in [0.29, 0.717) is 12.2 Å². The zero-order valence-electron chi connectivity index (χ0n) is 9.59. The number of carbonyl (C=O) groups is 1. The number of esters is 1. The Kier molecular flexibility index (Phi) is 4.09. The van der Waals surface area contributed by atoms with Gasteiger partial charge in [0.05, 0.1) is 6.61 Å². The van der Waals surface area contributed by atoms with Gasteiger partial charge in [0.25, 0.3) is 0 Å². The number of aryl methyl sites for hydroxylation is 1. The maximum Gasteiger partial charge on any atom is 0.334 e. The fourth-order valence-electron chi connectivity index (χ4n) is 1.21. The monoisotopic (exact) mass is 224 g/mol. The van der Waals surface area contributed by atoms with Crippen LogP contribution in [0.25, 0.3) is 5.57 Å². The molecule has 0 spiro atoms. The second-order valence-corrected chi connectivity index (χ2v) is 4.67. The lowest BCUT2D eigenvalue weighted by Crippen LogP contribution is -2.06. The Morgan fingerprint density at radius 3 is 2.53 bits per heavy atom. The maximum atomic E-state index is 11.5. The van der Waals surface area contributed by atoms with E-state index in [1.165, 1.54) is 4.88 Å². The SMILES string of the molecule is CCOC(=O)/C(C)=C(/C)c1ccc(C)s1. The van der Waals surface area contributed by atoms with E-state index in [1.807, 2.05) is 26.8 Å². The molecule has 1 rings (SSSR count). The number of allylic oxidation sites excluding steroid dienone is 1. The molecule has 1 aromatic heterocycles. The van der Waals surface area contributed by atoms with Crippen LogP contribution in [-0.4, -0.2) is 12.6 Å². The van der Waals surface area contributed by atoms with Crippen molar-refractivity contribution in [2.45, 2.75) is 27.7 Å². The van der Waals surface area contributed by atoms with Gasteiger partial charge in [-0.25, -0.2) is 4.79 Å². The quantitative estimate of drug-likeness (QED) is 0.581. The summed E-state index contributed by atoms with van der Waals surface area (Å²) in [6.07, 6.45) is 0. The summed E-state index contributed by atoms with van der Waals surface area (Å²) >= 11 is 1.69. The average molecular weight is 224 g/mol.